The number of amides is 2. The van der Waals surface area contributed by atoms with Crippen LogP contribution in [0.3, 0.4) is 0 Å². The van der Waals surface area contributed by atoms with Crippen molar-refractivity contribution >= 4 is 29.8 Å². The molecule has 1 unspecified atom stereocenters. The first-order valence-corrected chi connectivity index (χ1v) is 6.11. The molecule has 0 aromatic heterocycles. The van der Waals surface area contributed by atoms with Crippen LogP contribution < -0.4 is 10.9 Å². The molecule has 0 fully saturated rings. The SMILES string of the molecule is CC1C(=O)NN=C1C(=O)NN=CC=Cc1ccccc1. The Hall–Kier alpha value is -2.76. The predicted molar refractivity (Wildman–Crippen MR) is 76.9 cm³/mol. The van der Waals surface area contributed by atoms with E-state index in [1.54, 1.807) is 13.0 Å². The second kappa shape index (κ2) is 6.42. The average Bonchev–Trinajstić information content (AvgIpc) is 2.80. The molecular formula is C14H14N4O2. The first-order chi connectivity index (χ1) is 9.68. The fraction of sp³-hybridized carbons (Fsp3) is 0.143. The van der Waals surface area contributed by atoms with Crippen molar-refractivity contribution in [2.24, 2.45) is 16.1 Å². The van der Waals surface area contributed by atoms with Gasteiger partial charge in [0.1, 0.15) is 5.71 Å². The van der Waals surface area contributed by atoms with Crippen LogP contribution in [-0.4, -0.2) is 23.7 Å². The van der Waals surface area contributed by atoms with Gasteiger partial charge in [-0.05, 0) is 18.6 Å². The Morgan fingerprint density at radius 1 is 1.40 bits per heavy atom. The van der Waals surface area contributed by atoms with Crippen molar-refractivity contribution in [3.05, 3.63) is 42.0 Å². The van der Waals surface area contributed by atoms with Crippen LogP contribution >= 0.6 is 0 Å². The highest BCUT2D eigenvalue weighted by molar-refractivity contribution is 6.44. The molecule has 0 saturated heterocycles. The van der Waals surface area contributed by atoms with Crippen molar-refractivity contribution in [2.75, 3.05) is 0 Å². The van der Waals surface area contributed by atoms with Gasteiger partial charge < -0.3 is 0 Å². The molecule has 1 heterocycles. The van der Waals surface area contributed by atoms with Crippen LogP contribution in [0, 0.1) is 5.92 Å². The van der Waals surface area contributed by atoms with E-state index in [1.807, 2.05) is 36.4 Å². The summed E-state index contributed by atoms with van der Waals surface area (Å²) in [4.78, 5) is 22.8. The van der Waals surface area contributed by atoms with Gasteiger partial charge in [0.05, 0.1) is 5.92 Å². The normalized spacial score (nSPS) is 18.4. The molecule has 6 nitrogen and oxygen atoms in total. The highest BCUT2D eigenvalue weighted by Crippen LogP contribution is 2.05. The van der Waals surface area contributed by atoms with Gasteiger partial charge in [0.15, 0.2) is 0 Å². The number of rotatable bonds is 4. The minimum absolute atomic E-state index is 0.138. The Morgan fingerprint density at radius 2 is 2.15 bits per heavy atom. The third-order valence-electron chi connectivity index (χ3n) is 2.74. The third-order valence-corrected chi connectivity index (χ3v) is 2.74. The van der Waals surface area contributed by atoms with E-state index in [2.05, 4.69) is 21.1 Å². The summed E-state index contributed by atoms with van der Waals surface area (Å²) in [5.74, 6) is -1.33. The van der Waals surface area contributed by atoms with E-state index in [0.29, 0.717) is 0 Å². The number of hydrogen-bond donors (Lipinski definition) is 2. The lowest BCUT2D eigenvalue weighted by molar-refractivity contribution is -0.122. The van der Waals surface area contributed by atoms with Crippen LogP contribution in [0.5, 0.6) is 0 Å². The lowest BCUT2D eigenvalue weighted by Crippen LogP contribution is -2.32. The van der Waals surface area contributed by atoms with Gasteiger partial charge in [-0.1, -0.05) is 36.4 Å². The van der Waals surface area contributed by atoms with Crippen molar-refractivity contribution in [3.8, 4) is 0 Å². The summed E-state index contributed by atoms with van der Waals surface area (Å²) in [5.41, 5.74) is 5.74. The van der Waals surface area contributed by atoms with Gasteiger partial charge in [-0.25, -0.2) is 10.9 Å². The number of carbonyl (C=O) groups is 2. The van der Waals surface area contributed by atoms with Crippen molar-refractivity contribution < 1.29 is 9.59 Å². The van der Waals surface area contributed by atoms with Crippen molar-refractivity contribution in [1.82, 2.24) is 10.9 Å². The number of benzene rings is 1. The molecule has 2 rings (SSSR count). The lowest BCUT2D eigenvalue weighted by Gasteiger charge is -2.01. The van der Waals surface area contributed by atoms with E-state index < -0.39 is 11.8 Å². The lowest BCUT2D eigenvalue weighted by atomic mass is 10.1. The molecule has 0 saturated carbocycles. The predicted octanol–water partition coefficient (Wildman–Crippen LogP) is 0.924. The molecule has 1 aromatic carbocycles. The maximum atomic E-state index is 11.7. The molecule has 0 bridgehead atoms. The van der Waals surface area contributed by atoms with Gasteiger partial charge in [-0.15, -0.1) is 0 Å². The van der Waals surface area contributed by atoms with E-state index in [-0.39, 0.29) is 11.6 Å². The molecular weight excluding hydrogens is 256 g/mol. The quantitative estimate of drug-likeness (QED) is 0.630. The minimum atomic E-state index is -0.551. The van der Waals surface area contributed by atoms with Gasteiger partial charge in [-0.3, -0.25) is 9.59 Å². The van der Waals surface area contributed by atoms with Crippen molar-refractivity contribution in [3.63, 3.8) is 0 Å². The van der Waals surface area contributed by atoms with E-state index in [0.717, 1.165) is 5.56 Å². The molecule has 0 spiro atoms. The zero-order valence-electron chi connectivity index (χ0n) is 10.9. The standard InChI is InChI=1S/C14H14N4O2/c1-10-12(16-18-13(10)19)14(20)17-15-9-5-8-11-6-3-2-4-7-11/h2-10H,1H3,(H,17,20)(H,18,19). The summed E-state index contributed by atoms with van der Waals surface area (Å²) in [6.07, 6.45) is 5.02. The first kappa shape index (κ1) is 13.7. The Labute approximate surface area is 116 Å². The van der Waals surface area contributed by atoms with Crippen LogP contribution in [0.1, 0.15) is 12.5 Å². The summed E-state index contributed by atoms with van der Waals surface area (Å²) in [7, 11) is 0. The molecule has 2 amide bonds. The highest BCUT2D eigenvalue weighted by atomic mass is 16.2. The second-order valence-electron chi connectivity index (χ2n) is 4.18. The molecule has 6 heteroatoms. The summed E-state index contributed by atoms with van der Waals surface area (Å²) in [6, 6.07) is 9.71. The smallest absolute Gasteiger partial charge is 0.272 e. The van der Waals surface area contributed by atoms with E-state index in [9.17, 15) is 9.59 Å². The van der Waals surface area contributed by atoms with Crippen LogP contribution in [0.2, 0.25) is 0 Å². The Bertz CT molecular complexity index is 590. The van der Waals surface area contributed by atoms with Crippen molar-refractivity contribution in [2.45, 2.75) is 6.92 Å². The van der Waals surface area contributed by atoms with E-state index in [1.165, 1.54) is 6.21 Å². The Kier molecular flexibility index (Phi) is 4.39. The number of carbonyl (C=O) groups excluding carboxylic acids is 2. The maximum absolute atomic E-state index is 11.7. The summed E-state index contributed by atoms with van der Waals surface area (Å²) >= 11 is 0. The fourth-order valence-corrected chi connectivity index (χ4v) is 1.60. The number of nitrogens with one attached hydrogen (secondary N) is 2. The fourth-order valence-electron chi connectivity index (χ4n) is 1.60. The van der Waals surface area contributed by atoms with Gasteiger partial charge in [0.2, 0.25) is 5.91 Å². The summed E-state index contributed by atoms with van der Waals surface area (Å²) in [5, 5.41) is 7.42. The molecule has 0 radical (unpaired) electrons. The number of allylic oxidation sites excluding steroid dienone is 1. The number of hydrogen-bond acceptors (Lipinski definition) is 4. The third kappa shape index (κ3) is 3.38. The molecule has 1 atom stereocenters. The topological polar surface area (TPSA) is 82.9 Å². The highest BCUT2D eigenvalue weighted by Gasteiger charge is 2.30. The largest absolute Gasteiger partial charge is 0.288 e. The summed E-state index contributed by atoms with van der Waals surface area (Å²) in [6.45, 7) is 1.61. The zero-order chi connectivity index (χ0) is 14.4. The minimum Gasteiger partial charge on any atom is -0.272 e. The molecule has 0 aliphatic carbocycles. The van der Waals surface area contributed by atoms with Gasteiger partial charge in [-0.2, -0.15) is 10.2 Å². The summed E-state index contributed by atoms with van der Waals surface area (Å²) < 4.78 is 0. The van der Waals surface area contributed by atoms with Crippen LogP contribution in [0.15, 0.2) is 46.6 Å². The molecule has 1 aliphatic heterocycles. The number of hydrazone groups is 2. The van der Waals surface area contributed by atoms with Gasteiger partial charge in [0, 0.05) is 6.21 Å². The van der Waals surface area contributed by atoms with Crippen LogP contribution in [-0.2, 0) is 9.59 Å². The Balaban J connectivity index is 1.84. The molecule has 1 aliphatic rings. The average molecular weight is 270 g/mol. The number of nitrogens with zero attached hydrogens (tertiary/aromatic N) is 2. The van der Waals surface area contributed by atoms with Gasteiger partial charge >= 0.3 is 0 Å². The van der Waals surface area contributed by atoms with Crippen LogP contribution in [0.4, 0.5) is 0 Å². The van der Waals surface area contributed by atoms with E-state index in [4.69, 9.17) is 0 Å². The zero-order valence-corrected chi connectivity index (χ0v) is 10.9. The monoisotopic (exact) mass is 270 g/mol. The first-order valence-electron chi connectivity index (χ1n) is 6.11. The van der Waals surface area contributed by atoms with Crippen molar-refractivity contribution in [1.29, 1.82) is 0 Å². The maximum Gasteiger partial charge on any atom is 0.288 e. The van der Waals surface area contributed by atoms with Crippen LogP contribution in [0.25, 0.3) is 6.08 Å². The molecule has 1 aromatic rings. The molecule has 102 valence electrons. The molecule has 20 heavy (non-hydrogen) atoms. The van der Waals surface area contributed by atoms with Gasteiger partial charge in [0.25, 0.3) is 5.91 Å². The second-order valence-corrected chi connectivity index (χ2v) is 4.18. The Morgan fingerprint density at radius 3 is 2.80 bits per heavy atom. The van der Waals surface area contributed by atoms with E-state index >= 15 is 0 Å². The molecule has 2 N–H and O–H groups in total.